The molecule has 1 rings (SSSR count). The molecule has 106 valence electrons. The van der Waals surface area contributed by atoms with Gasteiger partial charge >= 0.3 is 5.97 Å². The van der Waals surface area contributed by atoms with Crippen molar-refractivity contribution in [2.45, 2.75) is 25.3 Å². The third-order valence-corrected chi connectivity index (χ3v) is 3.63. The predicted molar refractivity (Wildman–Crippen MR) is 72.7 cm³/mol. The number of likely N-dealkylation sites (N-methyl/N-ethyl adjacent to an activating group) is 2. The number of nitrogens with zero attached hydrogens (tertiary/aromatic N) is 2. The minimum absolute atomic E-state index is 0.176. The van der Waals surface area contributed by atoms with Crippen molar-refractivity contribution in [3.05, 3.63) is 0 Å². The Balaban J connectivity index is 2.14. The van der Waals surface area contributed by atoms with Crippen molar-refractivity contribution < 1.29 is 9.53 Å². The van der Waals surface area contributed by atoms with Gasteiger partial charge in [0.05, 0.1) is 7.11 Å². The van der Waals surface area contributed by atoms with Gasteiger partial charge in [-0.3, -0.25) is 4.79 Å². The Morgan fingerprint density at radius 3 is 2.61 bits per heavy atom. The van der Waals surface area contributed by atoms with E-state index in [0.29, 0.717) is 0 Å². The fraction of sp³-hybridized carbons (Fsp3) is 0.923. The Morgan fingerprint density at radius 1 is 1.39 bits per heavy atom. The predicted octanol–water partition coefficient (Wildman–Crippen LogP) is 0.165. The number of nitrogens with one attached hydrogen (secondary N) is 1. The van der Waals surface area contributed by atoms with Crippen LogP contribution >= 0.6 is 0 Å². The summed E-state index contributed by atoms with van der Waals surface area (Å²) in [6.07, 6.45) is 3.47. The van der Waals surface area contributed by atoms with Crippen LogP contribution in [0.2, 0.25) is 0 Å². The van der Waals surface area contributed by atoms with E-state index in [1.807, 2.05) is 0 Å². The molecule has 18 heavy (non-hydrogen) atoms. The first kappa shape index (κ1) is 15.4. The number of methoxy groups -OCH3 is 1. The molecule has 5 nitrogen and oxygen atoms in total. The van der Waals surface area contributed by atoms with Crippen LogP contribution in [0.5, 0.6) is 0 Å². The van der Waals surface area contributed by atoms with Crippen molar-refractivity contribution in [2.75, 3.05) is 53.9 Å². The molecule has 1 atom stereocenters. The highest BCUT2D eigenvalue weighted by Gasteiger charge is 2.17. The molecular formula is C13H27N3O2. The molecule has 0 saturated carbocycles. The summed E-state index contributed by atoms with van der Waals surface area (Å²) in [5.41, 5.74) is 0. The number of hydrogen-bond acceptors (Lipinski definition) is 5. The minimum Gasteiger partial charge on any atom is -0.468 e. The summed E-state index contributed by atoms with van der Waals surface area (Å²) in [6.45, 7) is 5.61. The monoisotopic (exact) mass is 257 g/mol. The van der Waals surface area contributed by atoms with Crippen LogP contribution in [0.3, 0.4) is 0 Å². The van der Waals surface area contributed by atoms with E-state index in [0.717, 1.165) is 26.1 Å². The maximum atomic E-state index is 11.4. The molecule has 0 amide bonds. The first-order chi connectivity index (χ1) is 8.67. The molecule has 1 saturated heterocycles. The lowest BCUT2D eigenvalue weighted by atomic mass is 10.2. The molecule has 0 aromatic rings. The largest absolute Gasteiger partial charge is 0.468 e. The third-order valence-electron chi connectivity index (χ3n) is 3.63. The number of rotatable bonds is 8. The van der Waals surface area contributed by atoms with Gasteiger partial charge in [0.1, 0.15) is 6.04 Å². The normalized spacial score (nSPS) is 18.2. The van der Waals surface area contributed by atoms with Crippen LogP contribution < -0.4 is 5.32 Å². The molecule has 1 heterocycles. The van der Waals surface area contributed by atoms with E-state index in [9.17, 15) is 4.79 Å². The lowest BCUT2D eigenvalue weighted by molar-refractivity contribution is -0.143. The van der Waals surface area contributed by atoms with Crippen LogP contribution in [-0.2, 0) is 9.53 Å². The lowest BCUT2D eigenvalue weighted by Gasteiger charge is -2.22. The summed E-state index contributed by atoms with van der Waals surface area (Å²) < 4.78 is 4.75. The molecule has 1 aliphatic heterocycles. The van der Waals surface area contributed by atoms with Gasteiger partial charge in [-0.2, -0.15) is 0 Å². The van der Waals surface area contributed by atoms with E-state index < -0.39 is 0 Å². The average molecular weight is 257 g/mol. The quantitative estimate of drug-likeness (QED) is 0.628. The zero-order chi connectivity index (χ0) is 13.4. The summed E-state index contributed by atoms with van der Waals surface area (Å²) in [5, 5.41) is 2.99. The Bertz CT molecular complexity index is 242. The molecule has 1 aliphatic rings. The van der Waals surface area contributed by atoms with Crippen LogP contribution in [0.4, 0.5) is 0 Å². The molecule has 0 bridgehead atoms. The second-order valence-electron chi connectivity index (χ2n) is 5.01. The van der Waals surface area contributed by atoms with Crippen molar-refractivity contribution in [1.29, 1.82) is 0 Å². The Morgan fingerprint density at radius 2 is 2.06 bits per heavy atom. The van der Waals surface area contributed by atoms with Crippen LogP contribution in [0.1, 0.15) is 19.3 Å². The molecular weight excluding hydrogens is 230 g/mol. The van der Waals surface area contributed by atoms with Gasteiger partial charge in [0.2, 0.25) is 0 Å². The molecule has 1 unspecified atom stereocenters. The highest BCUT2D eigenvalue weighted by Crippen LogP contribution is 2.06. The second kappa shape index (κ2) is 8.45. The fourth-order valence-electron chi connectivity index (χ4n) is 2.30. The molecule has 0 aromatic heterocycles. The second-order valence-corrected chi connectivity index (χ2v) is 5.01. The van der Waals surface area contributed by atoms with Crippen LogP contribution in [0.15, 0.2) is 0 Å². The standard InChI is InChI=1S/C13H27N3O2/c1-14-12(13(17)18-3)6-9-15(2)10-11-16-7-4-5-8-16/h12,14H,4-11H2,1-3H3. The van der Waals surface area contributed by atoms with Gasteiger partial charge in [-0.15, -0.1) is 0 Å². The molecule has 0 spiro atoms. The fourth-order valence-corrected chi connectivity index (χ4v) is 2.30. The topological polar surface area (TPSA) is 44.8 Å². The lowest BCUT2D eigenvalue weighted by Crippen LogP contribution is -2.39. The number of carbonyl (C=O) groups is 1. The number of likely N-dealkylation sites (tertiary alicyclic amines) is 1. The zero-order valence-corrected chi connectivity index (χ0v) is 11.9. The Hall–Kier alpha value is -0.650. The van der Waals surface area contributed by atoms with Gasteiger partial charge in [0.15, 0.2) is 0 Å². The van der Waals surface area contributed by atoms with Gasteiger partial charge in [0.25, 0.3) is 0 Å². The van der Waals surface area contributed by atoms with Crippen molar-refractivity contribution in [3.63, 3.8) is 0 Å². The number of ether oxygens (including phenoxy) is 1. The minimum atomic E-state index is -0.191. The third kappa shape index (κ3) is 5.33. The van der Waals surface area contributed by atoms with E-state index >= 15 is 0 Å². The summed E-state index contributed by atoms with van der Waals surface area (Å²) >= 11 is 0. The summed E-state index contributed by atoms with van der Waals surface area (Å²) in [5.74, 6) is -0.176. The van der Waals surface area contributed by atoms with E-state index in [-0.39, 0.29) is 12.0 Å². The van der Waals surface area contributed by atoms with Crippen molar-refractivity contribution >= 4 is 5.97 Å². The van der Waals surface area contributed by atoms with Crippen LogP contribution in [0, 0.1) is 0 Å². The highest BCUT2D eigenvalue weighted by molar-refractivity contribution is 5.75. The number of hydrogen-bond donors (Lipinski definition) is 1. The number of esters is 1. The molecule has 0 aliphatic carbocycles. The van der Waals surface area contributed by atoms with Crippen molar-refractivity contribution in [3.8, 4) is 0 Å². The van der Waals surface area contributed by atoms with E-state index in [1.165, 1.54) is 33.0 Å². The van der Waals surface area contributed by atoms with Gasteiger partial charge in [0, 0.05) is 13.1 Å². The molecule has 0 aromatic carbocycles. The highest BCUT2D eigenvalue weighted by atomic mass is 16.5. The van der Waals surface area contributed by atoms with E-state index in [1.54, 1.807) is 7.05 Å². The Kier molecular flexibility index (Phi) is 7.23. The maximum Gasteiger partial charge on any atom is 0.322 e. The summed E-state index contributed by atoms with van der Waals surface area (Å²) in [6, 6.07) is -0.191. The number of carbonyl (C=O) groups excluding carboxylic acids is 1. The van der Waals surface area contributed by atoms with Gasteiger partial charge in [-0.1, -0.05) is 0 Å². The van der Waals surface area contributed by atoms with Crippen molar-refractivity contribution in [1.82, 2.24) is 15.1 Å². The first-order valence-electron chi connectivity index (χ1n) is 6.83. The van der Waals surface area contributed by atoms with Gasteiger partial charge in [-0.25, -0.2) is 0 Å². The zero-order valence-electron chi connectivity index (χ0n) is 11.9. The van der Waals surface area contributed by atoms with Crippen molar-refractivity contribution in [2.24, 2.45) is 0 Å². The van der Waals surface area contributed by atoms with Gasteiger partial charge < -0.3 is 19.9 Å². The Labute approximate surface area is 110 Å². The molecule has 1 N–H and O–H groups in total. The smallest absolute Gasteiger partial charge is 0.322 e. The summed E-state index contributed by atoms with van der Waals surface area (Å²) in [7, 11) is 5.34. The molecule has 5 heteroatoms. The first-order valence-corrected chi connectivity index (χ1v) is 6.83. The van der Waals surface area contributed by atoms with E-state index in [4.69, 9.17) is 4.74 Å². The van der Waals surface area contributed by atoms with Gasteiger partial charge in [-0.05, 0) is 53.0 Å². The molecule has 1 fully saturated rings. The van der Waals surface area contributed by atoms with Crippen LogP contribution in [-0.4, -0.2) is 75.7 Å². The SMILES string of the molecule is CNC(CCN(C)CCN1CCCC1)C(=O)OC. The van der Waals surface area contributed by atoms with E-state index in [2.05, 4.69) is 22.2 Å². The molecule has 0 radical (unpaired) electrons. The van der Waals surface area contributed by atoms with Crippen LogP contribution in [0.25, 0.3) is 0 Å². The maximum absolute atomic E-state index is 11.4. The summed E-state index contributed by atoms with van der Waals surface area (Å²) in [4.78, 5) is 16.2. The average Bonchev–Trinajstić information content (AvgIpc) is 2.89.